The van der Waals surface area contributed by atoms with Crippen LogP contribution in [0.15, 0.2) is 0 Å². The molecule has 1 unspecified atom stereocenters. The Morgan fingerprint density at radius 2 is 1.81 bits per heavy atom. The van der Waals surface area contributed by atoms with Gasteiger partial charge in [0.2, 0.25) is 0 Å². The van der Waals surface area contributed by atoms with E-state index in [1.807, 2.05) is 9.80 Å². The van der Waals surface area contributed by atoms with Gasteiger partial charge in [-0.1, -0.05) is 0 Å². The first kappa shape index (κ1) is 11.7. The van der Waals surface area contributed by atoms with Crippen LogP contribution in [-0.2, 0) is 0 Å². The molecule has 2 aliphatic rings. The number of likely N-dealkylation sites (N-methyl/N-ethyl adjacent to an activating group) is 1. The summed E-state index contributed by atoms with van der Waals surface area (Å²) in [6, 6.07) is 0.645. The number of carbonyl (C=O) groups excluding carboxylic acids is 1. The maximum absolute atomic E-state index is 12.2. The molecule has 5 heteroatoms. The van der Waals surface area contributed by atoms with Crippen molar-refractivity contribution in [3.63, 3.8) is 0 Å². The van der Waals surface area contributed by atoms with Crippen LogP contribution in [0.25, 0.3) is 0 Å². The largest absolute Gasteiger partial charge is 0.322 e. The molecular weight excluding hydrogens is 204 g/mol. The zero-order chi connectivity index (χ0) is 11.5. The normalized spacial score (nSPS) is 28.2. The van der Waals surface area contributed by atoms with Gasteiger partial charge < -0.3 is 20.0 Å². The molecule has 0 aromatic heterocycles. The summed E-state index contributed by atoms with van der Waals surface area (Å²) in [6.45, 7) is 8.45. The van der Waals surface area contributed by atoms with E-state index < -0.39 is 0 Å². The molecule has 0 saturated carbocycles. The van der Waals surface area contributed by atoms with E-state index in [-0.39, 0.29) is 6.03 Å². The standard InChI is InChI=1S/C11H22N4O/c1-10-9-15(4-3-12-10)11(16)14-7-5-13(2)6-8-14/h10,12H,3-9H2,1-2H3. The molecule has 0 spiro atoms. The minimum atomic E-state index is 0.224. The van der Waals surface area contributed by atoms with Gasteiger partial charge in [-0.15, -0.1) is 0 Å². The smallest absolute Gasteiger partial charge is 0.320 e. The number of urea groups is 1. The van der Waals surface area contributed by atoms with E-state index >= 15 is 0 Å². The highest BCUT2D eigenvalue weighted by Gasteiger charge is 2.26. The lowest BCUT2D eigenvalue weighted by Gasteiger charge is -2.39. The molecule has 2 saturated heterocycles. The lowest BCUT2D eigenvalue weighted by Crippen LogP contribution is -2.57. The monoisotopic (exact) mass is 226 g/mol. The molecule has 92 valence electrons. The van der Waals surface area contributed by atoms with Gasteiger partial charge in [0.15, 0.2) is 0 Å². The van der Waals surface area contributed by atoms with Crippen molar-refractivity contribution in [1.29, 1.82) is 0 Å². The van der Waals surface area contributed by atoms with Crippen molar-refractivity contribution < 1.29 is 4.79 Å². The molecule has 5 nitrogen and oxygen atoms in total. The predicted molar refractivity (Wildman–Crippen MR) is 63.5 cm³/mol. The van der Waals surface area contributed by atoms with E-state index in [2.05, 4.69) is 24.2 Å². The number of hydrogen-bond acceptors (Lipinski definition) is 3. The van der Waals surface area contributed by atoms with Crippen molar-refractivity contribution >= 4 is 6.03 Å². The van der Waals surface area contributed by atoms with Crippen LogP contribution >= 0.6 is 0 Å². The van der Waals surface area contributed by atoms with Crippen molar-refractivity contribution in [2.75, 3.05) is 52.9 Å². The van der Waals surface area contributed by atoms with E-state index in [0.717, 1.165) is 45.8 Å². The quantitative estimate of drug-likeness (QED) is 0.613. The summed E-state index contributed by atoms with van der Waals surface area (Å²) in [5.41, 5.74) is 0. The highest BCUT2D eigenvalue weighted by molar-refractivity contribution is 5.74. The molecule has 1 atom stereocenters. The minimum Gasteiger partial charge on any atom is -0.322 e. The SMILES string of the molecule is CC1CN(C(=O)N2CCN(C)CC2)CCN1. The lowest BCUT2D eigenvalue weighted by molar-refractivity contribution is 0.113. The second kappa shape index (κ2) is 5.01. The van der Waals surface area contributed by atoms with E-state index in [0.29, 0.717) is 6.04 Å². The van der Waals surface area contributed by atoms with Crippen molar-refractivity contribution in [1.82, 2.24) is 20.0 Å². The van der Waals surface area contributed by atoms with E-state index in [4.69, 9.17) is 0 Å². The summed E-state index contributed by atoms with van der Waals surface area (Å²) >= 11 is 0. The van der Waals surface area contributed by atoms with Gasteiger partial charge in [-0.2, -0.15) is 0 Å². The second-order valence-electron chi connectivity index (χ2n) is 4.87. The summed E-state index contributed by atoms with van der Waals surface area (Å²) < 4.78 is 0. The Morgan fingerprint density at radius 3 is 2.44 bits per heavy atom. The Labute approximate surface area is 97.4 Å². The third-order valence-corrected chi connectivity index (χ3v) is 3.41. The van der Waals surface area contributed by atoms with Crippen LogP contribution in [0.2, 0.25) is 0 Å². The first-order chi connectivity index (χ1) is 7.66. The van der Waals surface area contributed by atoms with Gasteiger partial charge in [-0.3, -0.25) is 0 Å². The zero-order valence-electron chi connectivity index (χ0n) is 10.3. The predicted octanol–water partition coefficient (Wildman–Crippen LogP) is -0.352. The number of nitrogens with one attached hydrogen (secondary N) is 1. The Kier molecular flexibility index (Phi) is 3.66. The molecule has 0 bridgehead atoms. The van der Waals surface area contributed by atoms with Crippen molar-refractivity contribution in [3.05, 3.63) is 0 Å². The van der Waals surface area contributed by atoms with Crippen LogP contribution in [0, 0.1) is 0 Å². The summed E-state index contributed by atoms with van der Waals surface area (Å²) in [4.78, 5) is 18.4. The molecule has 0 aliphatic carbocycles. The third-order valence-electron chi connectivity index (χ3n) is 3.41. The van der Waals surface area contributed by atoms with E-state index in [9.17, 15) is 4.79 Å². The fourth-order valence-electron chi connectivity index (χ4n) is 2.30. The second-order valence-corrected chi connectivity index (χ2v) is 4.87. The van der Waals surface area contributed by atoms with Crippen molar-refractivity contribution in [2.45, 2.75) is 13.0 Å². The van der Waals surface area contributed by atoms with Gasteiger partial charge in [0.05, 0.1) is 0 Å². The van der Waals surface area contributed by atoms with Crippen molar-refractivity contribution in [2.24, 2.45) is 0 Å². The molecule has 2 fully saturated rings. The molecule has 2 aliphatic heterocycles. The highest BCUT2D eigenvalue weighted by Crippen LogP contribution is 2.07. The van der Waals surface area contributed by atoms with Crippen LogP contribution in [0.1, 0.15) is 6.92 Å². The molecule has 16 heavy (non-hydrogen) atoms. The number of piperazine rings is 2. The molecule has 0 aromatic rings. The van der Waals surface area contributed by atoms with Gasteiger partial charge in [0.25, 0.3) is 0 Å². The van der Waals surface area contributed by atoms with Gasteiger partial charge in [-0.05, 0) is 14.0 Å². The Morgan fingerprint density at radius 1 is 1.12 bits per heavy atom. The first-order valence-electron chi connectivity index (χ1n) is 6.12. The number of carbonyl (C=O) groups is 1. The fourth-order valence-corrected chi connectivity index (χ4v) is 2.30. The van der Waals surface area contributed by atoms with Crippen LogP contribution in [0.3, 0.4) is 0 Å². The lowest BCUT2D eigenvalue weighted by atomic mass is 10.2. The van der Waals surface area contributed by atoms with Gasteiger partial charge in [-0.25, -0.2) is 4.79 Å². The van der Waals surface area contributed by atoms with E-state index in [1.54, 1.807) is 0 Å². The number of rotatable bonds is 0. The summed E-state index contributed by atoms with van der Waals surface area (Å²) in [6.07, 6.45) is 0. The van der Waals surface area contributed by atoms with Gasteiger partial charge >= 0.3 is 6.03 Å². The molecule has 2 rings (SSSR count). The maximum Gasteiger partial charge on any atom is 0.320 e. The van der Waals surface area contributed by atoms with Gasteiger partial charge in [0.1, 0.15) is 0 Å². The average molecular weight is 226 g/mol. The van der Waals surface area contributed by atoms with E-state index in [1.165, 1.54) is 0 Å². The van der Waals surface area contributed by atoms with Gasteiger partial charge in [0, 0.05) is 51.9 Å². The van der Waals surface area contributed by atoms with Crippen LogP contribution in [-0.4, -0.2) is 79.6 Å². The minimum absolute atomic E-state index is 0.224. The van der Waals surface area contributed by atoms with Crippen LogP contribution in [0.5, 0.6) is 0 Å². The molecule has 0 aromatic carbocycles. The summed E-state index contributed by atoms with van der Waals surface area (Å²) in [5.74, 6) is 0. The Hall–Kier alpha value is -0.810. The third kappa shape index (κ3) is 2.65. The molecule has 0 radical (unpaired) electrons. The Balaban J connectivity index is 1.86. The summed E-state index contributed by atoms with van der Waals surface area (Å²) in [7, 11) is 2.11. The first-order valence-corrected chi connectivity index (χ1v) is 6.12. The topological polar surface area (TPSA) is 38.8 Å². The van der Waals surface area contributed by atoms with Crippen molar-refractivity contribution in [3.8, 4) is 0 Å². The summed E-state index contributed by atoms with van der Waals surface area (Å²) in [5, 5.41) is 3.36. The molecule has 2 heterocycles. The molecular formula is C11H22N4O. The average Bonchev–Trinajstić information content (AvgIpc) is 2.29. The zero-order valence-corrected chi connectivity index (χ0v) is 10.3. The highest BCUT2D eigenvalue weighted by atomic mass is 16.2. The molecule has 2 amide bonds. The fraction of sp³-hybridized carbons (Fsp3) is 0.909. The maximum atomic E-state index is 12.2. The van der Waals surface area contributed by atoms with Crippen LogP contribution < -0.4 is 5.32 Å². The number of amides is 2. The number of nitrogens with zero attached hydrogens (tertiary/aromatic N) is 3. The Bertz CT molecular complexity index is 250. The number of hydrogen-bond donors (Lipinski definition) is 1. The molecule has 1 N–H and O–H groups in total. The van der Waals surface area contributed by atoms with Crippen LogP contribution in [0.4, 0.5) is 4.79 Å².